The van der Waals surface area contributed by atoms with E-state index in [1.54, 1.807) is 0 Å². The molecule has 0 radical (unpaired) electrons. The standard InChI is InChI=1S/C14H18F3NO/c1-13(6-7-13)9-18-8-12(19)10-2-4-11(5-3-10)14(15,16)17/h2-5,12,18-19H,6-9H2,1H3. The molecule has 2 nitrogen and oxygen atoms in total. The van der Waals surface area contributed by atoms with Crippen LogP contribution in [0.5, 0.6) is 0 Å². The van der Waals surface area contributed by atoms with Crippen LogP contribution in [0.3, 0.4) is 0 Å². The summed E-state index contributed by atoms with van der Waals surface area (Å²) in [6.07, 6.45) is -2.72. The molecule has 1 atom stereocenters. The molecule has 0 saturated heterocycles. The minimum atomic E-state index is -4.33. The van der Waals surface area contributed by atoms with Gasteiger partial charge in [0.25, 0.3) is 0 Å². The van der Waals surface area contributed by atoms with Crippen LogP contribution >= 0.6 is 0 Å². The monoisotopic (exact) mass is 273 g/mol. The molecule has 0 amide bonds. The maximum Gasteiger partial charge on any atom is 0.416 e. The van der Waals surface area contributed by atoms with Gasteiger partial charge in [-0.2, -0.15) is 13.2 Å². The fourth-order valence-corrected chi connectivity index (χ4v) is 1.91. The SMILES string of the molecule is CC1(CNCC(O)c2ccc(C(F)(F)F)cc2)CC1. The van der Waals surface area contributed by atoms with Gasteiger partial charge in [0.2, 0.25) is 0 Å². The van der Waals surface area contributed by atoms with E-state index >= 15 is 0 Å². The van der Waals surface area contributed by atoms with E-state index in [-0.39, 0.29) is 0 Å². The molecule has 1 aromatic rings. The van der Waals surface area contributed by atoms with Crippen LogP contribution in [0.25, 0.3) is 0 Å². The van der Waals surface area contributed by atoms with Crippen LogP contribution in [0.2, 0.25) is 0 Å². The van der Waals surface area contributed by atoms with E-state index in [2.05, 4.69) is 12.2 Å². The number of hydrogen-bond acceptors (Lipinski definition) is 2. The Kier molecular flexibility index (Phi) is 3.87. The van der Waals surface area contributed by atoms with Crippen LogP contribution in [-0.2, 0) is 6.18 Å². The number of rotatable bonds is 5. The summed E-state index contributed by atoms with van der Waals surface area (Å²) in [5, 5.41) is 13.0. The van der Waals surface area contributed by atoms with Gasteiger partial charge in [0.15, 0.2) is 0 Å². The quantitative estimate of drug-likeness (QED) is 0.864. The Bertz CT molecular complexity index is 423. The van der Waals surface area contributed by atoms with Gasteiger partial charge < -0.3 is 10.4 Å². The Morgan fingerprint density at radius 1 is 1.26 bits per heavy atom. The summed E-state index contributed by atoms with van der Waals surface area (Å²) in [5.74, 6) is 0. The molecular weight excluding hydrogens is 255 g/mol. The number of nitrogens with one attached hydrogen (secondary N) is 1. The minimum Gasteiger partial charge on any atom is -0.387 e. The lowest BCUT2D eigenvalue weighted by molar-refractivity contribution is -0.137. The lowest BCUT2D eigenvalue weighted by atomic mass is 10.1. The van der Waals surface area contributed by atoms with Crippen molar-refractivity contribution in [1.29, 1.82) is 0 Å². The number of halogens is 3. The van der Waals surface area contributed by atoms with Crippen molar-refractivity contribution in [2.24, 2.45) is 5.41 Å². The second-order valence-electron chi connectivity index (χ2n) is 5.58. The van der Waals surface area contributed by atoms with Gasteiger partial charge in [-0.05, 0) is 36.0 Å². The molecule has 1 aliphatic rings. The zero-order valence-corrected chi connectivity index (χ0v) is 10.8. The Hall–Kier alpha value is -1.07. The Labute approximate surface area is 110 Å². The van der Waals surface area contributed by atoms with Gasteiger partial charge >= 0.3 is 6.18 Å². The van der Waals surface area contributed by atoms with Crippen LogP contribution in [0, 0.1) is 5.41 Å². The first-order valence-corrected chi connectivity index (χ1v) is 6.36. The Morgan fingerprint density at radius 3 is 2.32 bits per heavy atom. The van der Waals surface area contributed by atoms with Crippen molar-refractivity contribution in [3.05, 3.63) is 35.4 Å². The summed E-state index contributed by atoms with van der Waals surface area (Å²) < 4.78 is 37.2. The van der Waals surface area contributed by atoms with E-state index < -0.39 is 17.8 Å². The first kappa shape index (κ1) is 14.3. The van der Waals surface area contributed by atoms with E-state index in [1.165, 1.54) is 25.0 Å². The lowest BCUT2D eigenvalue weighted by Crippen LogP contribution is -2.27. The first-order chi connectivity index (χ1) is 8.80. The van der Waals surface area contributed by atoms with Crippen LogP contribution in [-0.4, -0.2) is 18.2 Å². The summed E-state index contributed by atoms with van der Waals surface area (Å²) in [7, 11) is 0. The van der Waals surface area contributed by atoms with Gasteiger partial charge in [-0.25, -0.2) is 0 Å². The molecule has 0 spiro atoms. The third-order valence-corrected chi connectivity index (χ3v) is 3.62. The highest BCUT2D eigenvalue weighted by atomic mass is 19.4. The predicted octanol–water partition coefficient (Wildman–Crippen LogP) is 3.13. The Morgan fingerprint density at radius 2 is 1.84 bits per heavy atom. The van der Waals surface area contributed by atoms with Gasteiger partial charge in [0.05, 0.1) is 11.7 Å². The molecule has 1 aromatic carbocycles. The third-order valence-electron chi connectivity index (χ3n) is 3.62. The van der Waals surface area contributed by atoms with Crippen LogP contribution in [0.4, 0.5) is 13.2 Å². The summed E-state index contributed by atoms with van der Waals surface area (Å²) in [5.41, 5.74) is 0.156. The van der Waals surface area contributed by atoms with E-state index in [0.29, 0.717) is 17.5 Å². The average molecular weight is 273 g/mol. The topological polar surface area (TPSA) is 32.3 Å². The normalized spacial score (nSPS) is 19.2. The van der Waals surface area contributed by atoms with Gasteiger partial charge in [-0.3, -0.25) is 0 Å². The molecule has 5 heteroatoms. The summed E-state index contributed by atoms with van der Waals surface area (Å²) in [6, 6.07) is 4.66. The maximum atomic E-state index is 12.4. The van der Waals surface area contributed by atoms with Gasteiger partial charge in [-0.15, -0.1) is 0 Å². The van der Waals surface area contributed by atoms with Crippen LogP contribution < -0.4 is 5.32 Å². The number of aliphatic hydroxyl groups excluding tert-OH is 1. The highest BCUT2D eigenvalue weighted by Gasteiger charge is 2.36. The molecular formula is C14H18F3NO. The molecule has 1 aliphatic carbocycles. The first-order valence-electron chi connectivity index (χ1n) is 6.36. The molecule has 2 N–H and O–H groups in total. The third kappa shape index (κ3) is 3.94. The zero-order valence-electron chi connectivity index (χ0n) is 10.8. The largest absolute Gasteiger partial charge is 0.416 e. The number of aliphatic hydroxyl groups is 1. The maximum absolute atomic E-state index is 12.4. The van der Waals surface area contributed by atoms with E-state index in [0.717, 1.165) is 18.7 Å². The molecule has 0 aromatic heterocycles. The fraction of sp³-hybridized carbons (Fsp3) is 0.571. The van der Waals surface area contributed by atoms with Gasteiger partial charge in [0, 0.05) is 13.1 Å². The molecule has 2 rings (SSSR count). The smallest absolute Gasteiger partial charge is 0.387 e. The van der Waals surface area contributed by atoms with Crippen molar-refractivity contribution in [2.75, 3.05) is 13.1 Å². The summed E-state index contributed by atoms with van der Waals surface area (Å²) >= 11 is 0. The zero-order chi connectivity index (χ0) is 14.1. The molecule has 1 unspecified atom stereocenters. The molecule has 0 aliphatic heterocycles. The van der Waals surface area contributed by atoms with Crippen LogP contribution in [0.15, 0.2) is 24.3 Å². The van der Waals surface area contributed by atoms with E-state index in [1.807, 2.05) is 0 Å². The van der Waals surface area contributed by atoms with E-state index in [9.17, 15) is 18.3 Å². The van der Waals surface area contributed by atoms with Crippen molar-refractivity contribution in [3.63, 3.8) is 0 Å². The average Bonchev–Trinajstić information content (AvgIpc) is 3.06. The second kappa shape index (κ2) is 5.13. The predicted molar refractivity (Wildman–Crippen MR) is 66.6 cm³/mol. The van der Waals surface area contributed by atoms with Crippen molar-refractivity contribution in [3.8, 4) is 0 Å². The molecule has 1 fully saturated rings. The second-order valence-corrected chi connectivity index (χ2v) is 5.58. The number of benzene rings is 1. The summed E-state index contributed by atoms with van der Waals surface area (Å²) in [4.78, 5) is 0. The molecule has 0 heterocycles. The molecule has 106 valence electrons. The highest BCUT2D eigenvalue weighted by Crippen LogP contribution is 2.44. The van der Waals surface area contributed by atoms with Crippen molar-refractivity contribution in [2.45, 2.75) is 32.0 Å². The highest BCUT2D eigenvalue weighted by molar-refractivity contribution is 5.26. The van der Waals surface area contributed by atoms with E-state index in [4.69, 9.17) is 0 Å². The molecule has 1 saturated carbocycles. The van der Waals surface area contributed by atoms with Crippen LogP contribution in [0.1, 0.15) is 37.0 Å². The number of hydrogen-bond donors (Lipinski definition) is 2. The minimum absolute atomic E-state index is 0.347. The van der Waals surface area contributed by atoms with Crippen molar-refractivity contribution < 1.29 is 18.3 Å². The van der Waals surface area contributed by atoms with Crippen molar-refractivity contribution in [1.82, 2.24) is 5.32 Å². The van der Waals surface area contributed by atoms with Gasteiger partial charge in [-0.1, -0.05) is 19.1 Å². The van der Waals surface area contributed by atoms with Gasteiger partial charge in [0.1, 0.15) is 0 Å². The summed E-state index contributed by atoms with van der Waals surface area (Å²) in [6.45, 7) is 3.37. The van der Waals surface area contributed by atoms with Crippen molar-refractivity contribution >= 4 is 0 Å². The fourth-order valence-electron chi connectivity index (χ4n) is 1.91. The number of alkyl halides is 3. The molecule has 0 bridgehead atoms. The molecule has 19 heavy (non-hydrogen) atoms. The lowest BCUT2D eigenvalue weighted by Gasteiger charge is -2.15. The Balaban J connectivity index is 1.86.